The van der Waals surface area contributed by atoms with Crippen molar-refractivity contribution < 1.29 is 27.5 Å². The molecule has 1 fully saturated rings. The number of hydrogen-bond acceptors (Lipinski definition) is 4. The smallest absolute Gasteiger partial charge is 0.416 e. The SMILES string of the molecule is CONC(C)(c1cc(C(=O)OC)cc(C(F)(F)F)c1)C1CC1. The standard InChI is InChI=1S/C15H18F3NO3/c1-14(19-22-3,10-4-5-10)11-6-9(13(20)21-2)7-12(8-11)15(16,17)18/h6-8,10,19H,4-5H2,1-3H3. The van der Waals surface area contributed by atoms with Gasteiger partial charge in [0.15, 0.2) is 0 Å². The highest BCUT2D eigenvalue weighted by atomic mass is 19.4. The lowest BCUT2D eigenvalue weighted by Crippen LogP contribution is -2.41. The van der Waals surface area contributed by atoms with Crippen molar-refractivity contribution in [3.63, 3.8) is 0 Å². The molecular weight excluding hydrogens is 299 g/mol. The number of hydroxylamine groups is 1. The molecule has 0 bridgehead atoms. The zero-order valence-corrected chi connectivity index (χ0v) is 12.6. The van der Waals surface area contributed by atoms with Gasteiger partial charge in [0.25, 0.3) is 0 Å². The van der Waals surface area contributed by atoms with E-state index in [1.54, 1.807) is 6.92 Å². The monoisotopic (exact) mass is 317 g/mol. The van der Waals surface area contributed by atoms with E-state index in [0.717, 1.165) is 32.1 Å². The van der Waals surface area contributed by atoms with E-state index >= 15 is 0 Å². The Morgan fingerprint density at radius 2 is 1.77 bits per heavy atom. The van der Waals surface area contributed by atoms with E-state index in [-0.39, 0.29) is 11.5 Å². The minimum atomic E-state index is -4.55. The van der Waals surface area contributed by atoms with E-state index in [1.165, 1.54) is 13.2 Å². The summed E-state index contributed by atoms with van der Waals surface area (Å²) in [5, 5.41) is 0. The van der Waals surface area contributed by atoms with E-state index in [4.69, 9.17) is 4.84 Å². The Hall–Kier alpha value is -1.60. The lowest BCUT2D eigenvalue weighted by molar-refractivity contribution is -0.137. The molecule has 1 aromatic rings. The van der Waals surface area contributed by atoms with Gasteiger partial charge in [-0.3, -0.25) is 0 Å². The fourth-order valence-corrected chi connectivity index (χ4v) is 2.58. The van der Waals surface area contributed by atoms with Crippen LogP contribution in [0.5, 0.6) is 0 Å². The predicted molar refractivity (Wildman–Crippen MR) is 73.0 cm³/mol. The summed E-state index contributed by atoms with van der Waals surface area (Å²) in [6.07, 6.45) is -2.77. The Kier molecular flexibility index (Phi) is 4.49. The van der Waals surface area contributed by atoms with E-state index in [1.807, 2.05) is 0 Å². The molecule has 0 heterocycles. The van der Waals surface area contributed by atoms with Gasteiger partial charge >= 0.3 is 12.1 Å². The number of methoxy groups -OCH3 is 1. The van der Waals surface area contributed by atoms with Crippen LogP contribution in [-0.2, 0) is 21.3 Å². The third kappa shape index (κ3) is 3.25. The minimum absolute atomic E-state index is 0.128. The van der Waals surface area contributed by atoms with Crippen LogP contribution in [0.2, 0.25) is 0 Å². The Morgan fingerprint density at radius 1 is 1.18 bits per heavy atom. The van der Waals surface area contributed by atoms with Gasteiger partial charge in [-0.15, -0.1) is 0 Å². The van der Waals surface area contributed by atoms with Gasteiger partial charge in [0, 0.05) is 0 Å². The summed E-state index contributed by atoms with van der Waals surface area (Å²) in [4.78, 5) is 16.6. The number of alkyl halides is 3. The van der Waals surface area contributed by atoms with Crippen molar-refractivity contribution in [3.05, 3.63) is 34.9 Å². The van der Waals surface area contributed by atoms with Gasteiger partial charge in [0.2, 0.25) is 0 Å². The predicted octanol–water partition coefficient (Wildman–Crippen LogP) is 3.27. The largest absolute Gasteiger partial charge is 0.465 e. The van der Waals surface area contributed by atoms with Crippen LogP contribution in [0.4, 0.5) is 13.2 Å². The Bertz CT molecular complexity index is 570. The average molecular weight is 317 g/mol. The van der Waals surface area contributed by atoms with Crippen LogP contribution in [-0.4, -0.2) is 20.2 Å². The lowest BCUT2D eigenvalue weighted by atomic mass is 9.85. The number of rotatable bonds is 5. The van der Waals surface area contributed by atoms with Crippen LogP contribution >= 0.6 is 0 Å². The van der Waals surface area contributed by atoms with Crippen LogP contribution in [0.1, 0.15) is 41.3 Å². The highest BCUT2D eigenvalue weighted by Gasteiger charge is 2.44. The second-order valence-corrected chi connectivity index (χ2v) is 5.57. The van der Waals surface area contributed by atoms with Crippen LogP contribution in [0.15, 0.2) is 18.2 Å². The number of ether oxygens (including phenoxy) is 1. The van der Waals surface area contributed by atoms with Crippen molar-refractivity contribution in [3.8, 4) is 0 Å². The molecule has 4 nitrogen and oxygen atoms in total. The first kappa shape index (κ1) is 16.8. The molecule has 1 unspecified atom stereocenters. The van der Waals surface area contributed by atoms with Crippen LogP contribution < -0.4 is 5.48 Å². The topological polar surface area (TPSA) is 47.6 Å². The highest BCUT2D eigenvalue weighted by molar-refractivity contribution is 5.89. The summed E-state index contributed by atoms with van der Waals surface area (Å²) in [6, 6.07) is 3.28. The van der Waals surface area contributed by atoms with Crippen molar-refractivity contribution in [2.24, 2.45) is 5.92 Å². The van der Waals surface area contributed by atoms with Gasteiger partial charge in [-0.2, -0.15) is 18.7 Å². The van der Waals surface area contributed by atoms with Gasteiger partial charge in [-0.1, -0.05) is 0 Å². The molecule has 2 rings (SSSR count). The maximum absolute atomic E-state index is 13.1. The molecule has 122 valence electrons. The molecule has 1 aliphatic carbocycles. The van der Waals surface area contributed by atoms with E-state index in [9.17, 15) is 18.0 Å². The first-order valence-corrected chi connectivity index (χ1v) is 6.83. The molecule has 22 heavy (non-hydrogen) atoms. The summed E-state index contributed by atoms with van der Waals surface area (Å²) in [6.45, 7) is 1.77. The molecule has 7 heteroatoms. The Morgan fingerprint density at radius 3 is 2.23 bits per heavy atom. The van der Waals surface area contributed by atoms with Gasteiger partial charge in [-0.25, -0.2) is 4.79 Å². The molecule has 1 saturated carbocycles. The van der Waals surface area contributed by atoms with Crippen molar-refractivity contribution >= 4 is 5.97 Å². The average Bonchev–Trinajstić information content (AvgIpc) is 3.30. The lowest BCUT2D eigenvalue weighted by Gasteiger charge is -2.31. The summed E-state index contributed by atoms with van der Waals surface area (Å²) in [5.41, 5.74) is 1.33. The molecular formula is C15H18F3NO3. The van der Waals surface area contributed by atoms with E-state index in [0.29, 0.717) is 5.56 Å². The van der Waals surface area contributed by atoms with Crippen molar-refractivity contribution in [2.75, 3.05) is 14.2 Å². The first-order valence-electron chi connectivity index (χ1n) is 6.83. The fourth-order valence-electron chi connectivity index (χ4n) is 2.58. The van der Waals surface area contributed by atoms with Gasteiger partial charge in [0.1, 0.15) is 0 Å². The van der Waals surface area contributed by atoms with Gasteiger partial charge < -0.3 is 9.57 Å². The quantitative estimate of drug-likeness (QED) is 0.669. The Labute approximate surface area is 126 Å². The number of hydrogen-bond donors (Lipinski definition) is 1. The molecule has 1 atom stereocenters. The molecule has 0 amide bonds. The number of benzene rings is 1. The van der Waals surface area contributed by atoms with Crippen LogP contribution in [0.25, 0.3) is 0 Å². The maximum atomic E-state index is 13.1. The second-order valence-electron chi connectivity index (χ2n) is 5.57. The van der Waals surface area contributed by atoms with Crippen LogP contribution in [0.3, 0.4) is 0 Å². The van der Waals surface area contributed by atoms with Crippen LogP contribution in [0, 0.1) is 5.92 Å². The number of nitrogens with one attached hydrogen (secondary N) is 1. The number of carbonyl (C=O) groups is 1. The number of esters is 1. The minimum Gasteiger partial charge on any atom is -0.465 e. The summed E-state index contributed by atoms with van der Waals surface area (Å²) < 4.78 is 43.9. The summed E-state index contributed by atoms with van der Waals surface area (Å²) in [7, 11) is 2.55. The zero-order chi connectivity index (χ0) is 16.5. The van der Waals surface area contributed by atoms with Gasteiger partial charge in [-0.05, 0) is 49.4 Å². The van der Waals surface area contributed by atoms with Gasteiger partial charge in [0.05, 0.1) is 30.9 Å². The highest BCUT2D eigenvalue weighted by Crippen LogP contribution is 2.46. The second kappa shape index (κ2) is 5.89. The molecule has 1 aromatic carbocycles. The third-order valence-electron chi connectivity index (χ3n) is 3.99. The molecule has 0 aromatic heterocycles. The van der Waals surface area contributed by atoms with Crippen molar-refractivity contribution in [1.29, 1.82) is 0 Å². The zero-order valence-electron chi connectivity index (χ0n) is 12.6. The molecule has 0 aliphatic heterocycles. The maximum Gasteiger partial charge on any atom is 0.416 e. The molecule has 0 saturated heterocycles. The Balaban J connectivity index is 2.56. The van der Waals surface area contributed by atoms with Crippen molar-refractivity contribution in [2.45, 2.75) is 31.5 Å². The summed E-state index contributed by atoms with van der Waals surface area (Å²) >= 11 is 0. The summed E-state index contributed by atoms with van der Waals surface area (Å²) in [5.74, 6) is -0.649. The molecule has 0 spiro atoms. The normalized spacial score (nSPS) is 17.9. The molecule has 0 radical (unpaired) electrons. The number of halogens is 3. The van der Waals surface area contributed by atoms with Crippen molar-refractivity contribution in [1.82, 2.24) is 5.48 Å². The molecule has 1 aliphatic rings. The van der Waals surface area contributed by atoms with E-state index < -0.39 is 23.2 Å². The molecule has 1 N–H and O–H groups in total. The fraction of sp³-hybridized carbons (Fsp3) is 0.533. The third-order valence-corrected chi connectivity index (χ3v) is 3.99. The number of carbonyl (C=O) groups excluding carboxylic acids is 1. The van der Waals surface area contributed by atoms with E-state index in [2.05, 4.69) is 10.2 Å². The first-order chi connectivity index (χ1) is 10.2.